The number of nitrogens with two attached hydrogens (primary N) is 1. The molecule has 1 aliphatic rings. The normalized spacial score (nSPS) is 13.2. The quantitative estimate of drug-likeness (QED) is 0.475. The van der Waals surface area contributed by atoms with Gasteiger partial charge in [-0.15, -0.1) is 0 Å². The van der Waals surface area contributed by atoms with Gasteiger partial charge in [0.25, 0.3) is 0 Å². The fourth-order valence-corrected chi connectivity index (χ4v) is 2.88. The highest BCUT2D eigenvalue weighted by molar-refractivity contribution is 6.11. The number of methoxy groups -OCH3 is 1. The number of ether oxygens (including phenoxy) is 4. The summed E-state index contributed by atoms with van der Waals surface area (Å²) in [4.78, 5) is 12.8. The zero-order valence-corrected chi connectivity index (χ0v) is 15.7. The number of hydrogen-bond acceptors (Lipinski definition) is 6. The Balaban J connectivity index is 1.91. The number of rotatable bonds is 6. The molecule has 0 atom stereocenters. The highest BCUT2D eigenvalue weighted by atomic mass is 16.6. The van der Waals surface area contributed by atoms with Gasteiger partial charge in [0.2, 0.25) is 5.75 Å². The number of ketones is 1. The number of nitrogen functional groups attached to an aromatic ring is 1. The van der Waals surface area contributed by atoms with Gasteiger partial charge in [0.15, 0.2) is 17.3 Å². The number of allylic oxidation sites excluding steroid dienone is 1. The van der Waals surface area contributed by atoms with E-state index in [9.17, 15) is 4.79 Å². The van der Waals surface area contributed by atoms with Crippen LogP contribution in [0, 0.1) is 0 Å². The Morgan fingerprint density at radius 2 is 1.96 bits per heavy atom. The minimum Gasteiger partial charge on any atom is -0.493 e. The third-order valence-corrected chi connectivity index (χ3v) is 4.17. The van der Waals surface area contributed by atoms with Gasteiger partial charge >= 0.3 is 0 Å². The van der Waals surface area contributed by atoms with Crippen LogP contribution in [0.2, 0.25) is 0 Å². The van der Waals surface area contributed by atoms with E-state index in [1.165, 1.54) is 0 Å². The molecule has 0 saturated carbocycles. The SMILES string of the molecule is CCOc1cc(C(=O)/C(C)=C/c2cc(OC)c3c(c2)OCCO3)ccc1N. The van der Waals surface area contributed by atoms with Gasteiger partial charge in [0, 0.05) is 5.56 Å². The molecule has 6 nitrogen and oxygen atoms in total. The lowest BCUT2D eigenvalue weighted by Crippen LogP contribution is -2.16. The van der Waals surface area contributed by atoms with Crippen LogP contribution >= 0.6 is 0 Å². The van der Waals surface area contributed by atoms with Crippen LogP contribution in [0.25, 0.3) is 6.08 Å². The van der Waals surface area contributed by atoms with Gasteiger partial charge < -0.3 is 24.7 Å². The maximum Gasteiger partial charge on any atom is 0.203 e. The maximum absolute atomic E-state index is 12.8. The summed E-state index contributed by atoms with van der Waals surface area (Å²) in [5, 5.41) is 0. The van der Waals surface area contributed by atoms with Crippen molar-refractivity contribution < 1.29 is 23.7 Å². The van der Waals surface area contributed by atoms with Gasteiger partial charge in [-0.1, -0.05) is 0 Å². The third kappa shape index (κ3) is 4.00. The number of benzene rings is 2. The Bertz CT molecular complexity index is 871. The van der Waals surface area contributed by atoms with Gasteiger partial charge in [-0.3, -0.25) is 4.79 Å². The Labute approximate surface area is 158 Å². The molecule has 1 aliphatic heterocycles. The van der Waals surface area contributed by atoms with Crippen molar-refractivity contribution in [3.63, 3.8) is 0 Å². The Morgan fingerprint density at radius 3 is 2.70 bits per heavy atom. The summed E-state index contributed by atoms with van der Waals surface area (Å²) in [5.41, 5.74) is 8.27. The first-order valence-corrected chi connectivity index (χ1v) is 8.76. The van der Waals surface area contributed by atoms with Crippen LogP contribution in [-0.2, 0) is 0 Å². The Hall–Kier alpha value is -3.15. The van der Waals surface area contributed by atoms with Crippen LogP contribution in [0.15, 0.2) is 35.9 Å². The zero-order valence-electron chi connectivity index (χ0n) is 15.7. The van der Waals surface area contributed by atoms with E-state index in [4.69, 9.17) is 24.7 Å². The average molecular weight is 369 g/mol. The van der Waals surface area contributed by atoms with Gasteiger partial charge in [-0.25, -0.2) is 0 Å². The van der Waals surface area contributed by atoms with Crippen molar-refractivity contribution in [2.24, 2.45) is 0 Å². The predicted octanol–water partition coefficient (Wildman–Crippen LogP) is 3.73. The van der Waals surface area contributed by atoms with E-state index in [1.807, 2.05) is 19.1 Å². The molecule has 1 heterocycles. The topological polar surface area (TPSA) is 80.0 Å². The Kier molecular flexibility index (Phi) is 5.54. The smallest absolute Gasteiger partial charge is 0.203 e. The van der Waals surface area contributed by atoms with Crippen molar-refractivity contribution in [1.82, 2.24) is 0 Å². The molecule has 0 fully saturated rings. The van der Waals surface area contributed by atoms with E-state index >= 15 is 0 Å². The molecular weight excluding hydrogens is 346 g/mol. The van der Waals surface area contributed by atoms with E-state index in [0.717, 1.165) is 5.56 Å². The molecule has 2 N–H and O–H groups in total. The second-order valence-electron chi connectivity index (χ2n) is 6.09. The predicted molar refractivity (Wildman–Crippen MR) is 104 cm³/mol. The van der Waals surface area contributed by atoms with E-state index in [-0.39, 0.29) is 5.78 Å². The fourth-order valence-electron chi connectivity index (χ4n) is 2.88. The molecule has 0 aliphatic carbocycles. The molecule has 2 aromatic rings. The van der Waals surface area contributed by atoms with E-state index in [0.29, 0.717) is 59.6 Å². The second kappa shape index (κ2) is 8.03. The molecule has 0 spiro atoms. The zero-order chi connectivity index (χ0) is 19.4. The van der Waals surface area contributed by atoms with Crippen molar-refractivity contribution in [3.8, 4) is 23.0 Å². The lowest BCUT2D eigenvalue weighted by Gasteiger charge is -2.21. The van der Waals surface area contributed by atoms with Crippen molar-refractivity contribution in [1.29, 1.82) is 0 Å². The van der Waals surface area contributed by atoms with Gasteiger partial charge in [0.1, 0.15) is 19.0 Å². The van der Waals surface area contributed by atoms with Gasteiger partial charge in [0.05, 0.1) is 19.4 Å². The summed E-state index contributed by atoms with van der Waals surface area (Å²) < 4.78 is 22.1. The number of Topliss-reactive ketones (excluding diaryl/α,β-unsaturated/α-hetero) is 1. The lowest BCUT2D eigenvalue weighted by atomic mass is 10.0. The molecule has 0 bridgehead atoms. The number of fused-ring (bicyclic) bond motifs is 1. The highest BCUT2D eigenvalue weighted by Gasteiger charge is 2.18. The number of anilines is 1. The Morgan fingerprint density at radius 1 is 1.19 bits per heavy atom. The minimum atomic E-state index is -0.107. The number of carbonyl (C=O) groups is 1. The lowest BCUT2D eigenvalue weighted by molar-refractivity contribution is 0.103. The van der Waals surface area contributed by atoms with E-state index < -0.39 is 0 Å². The van der Waals surface area contributed by atoms with Crippen molar-refractivity contribution in [2.45, 2.75) is 13.8 Å². The monoisotopic (exact) mass is 369 g/mol. The van der Waals surface area contributed by atoms with E-state index in [1.54, 1.807) is 38.3 Å². The molecule has 0 radical (unpaired) electrons. The first-order valence-electron chi connectivity index (χ1n) is 8.76. The minimum absolute atomic E-state index is 0.107. The van der Waals surface area contributed by atoms with Crippen LogP contribution in [0.1, 0.15) is 29.8 Å². The summed E-state index contributed by atoms with van der Waals surface area (Å²) in [6, 6.07) is 8.70. The summed E-state index contributed by atoms with van der Waals surface area (Å²) in [6.45, 7) is 5.08. The van der Waals surface area contributed by atoms with Crippen LogP contribution in [0.4, 0.5) is 5.69 Å². The summed E-state index contributed by atoms with van der Waals surface area (Å²) in [5.74, 6) is 2.18. The van der Waals surface area contributed by atoms with Gasteiger partial charge in [-0.05, 0) is 61.4 Å². The van der Waals surface area contributed by atoms with Crippen LogP contribution in [0.3, 0.4) is 0 Å². The molecule has 0 amide bonds. The van der Waals surface area contributed by atoms with Crippen LogP contribution in [-0.4, -0.2) is 32.7 Å². The largest absolute Gasteiger partial charge is 0.493 e. The summed E-state index contributed by atoms with van der Waals surface area (Å²) in [6.07, 6.45) is 1.79. The molecule has 3 rings (SSSR count). The first-order chi connectivity index (χ1) is 13.0. The van der Waals surface area contributed by atoms with Crippen molar-refractivity contribution in [2.75, 3.05) is 32.7 Å². The molecule has 0 saturated heterocycles. The molecule has 27 heavy (non-hydrogen) atoms. The van der Waals surface area contributed by atoms with Crippen LogP contribution in [0.5, 0.6) is 23.0 Å². The summed E-state index contributed by atoms with van der Waals surface area (Å²) in [7, 11) is 1.57. The van der Waals surface area contributed by atoms with E-state index in [2.05, 4.69) is 0 Å². The first kappa shape index (κ1) is 18.6. The molecule has 2 aromatic carbocycles. The average Bonchev–Trinajstić information content (AvgIpc) is 2.68. The number of carbonyl (C=O) groups excluding carboxylic acids is 1. The van der Waals surface area contributed by atoms with Gasteiger partial charge in [-0.2, -0.15) is 0 Å². The maximum atomic E-state index is 12.8. The molecular formula is C21H23NO5. The molecule has 0 aromatic heterocycles. The summed E-state index contributed by atoms with van der Waals surface area (Å²) >= 11 is 0. The molecule has 142 valence electrons. The van der Waals surface area contributed by atoms with Crippen molar-refractivity contribution >= 4 is 17.5 Å². The fraction of sp³-hybridized carbons (Fsp3) is 0.286. The number of hydrogen-bond donors (Lipinski definition) is 1. The van der Waals surface area contributed by atoms with Crippen LogP contribution < -0.4 is 24.7 Å². The van der Waals surface area contributed by atoms with Crippen molar-refractivity contribution in [3.05, 3.63) is 47.0 Å². The standard InChI is InChI=1S/C21H23NO5/c1-4-25-17-12-15(5-6-16(17)22)20(23)13(2)9-14-10-18(24-3)21-19(11-14)26-7-8-27-21/h5-6,9-12H,4,7-8,22H2,1-3H3/b13-9+. The molecule has 0 unspecified atom stereocenters. The molecule has 6 heteroatoms. The highest BCUT2D eigenvalue weighted by Crippen LogP contribution is 2.41. The third-order valence-electron chi connectivity index (χ3n) is 4.17. The second-order valence-corrected chi connectivity index (χ2v) is 6.09.